The van der Waals surface area contributed by atoms with Gasteiger partial charge in [-0.3, -0.25) is 18.9 Å². The van der Waals surface area contributed by atoms with Gasteiger partial charge >= 0.3 is 16.3 Å². The summed E-state index contributed by atoms with van der Waals surface area (Å²) in [5.74, 6) is -4.00. The topological polar surface area (TPSA) is 203 Å². The number of β-lactam (4-membered cyclic amide) rings is 1. The van der Waals surface area contributed by atoms with Crippen LogP contribution in [0.2, 0.25) is 0 Å². The fraction of sp³-hybridized carbons (Fsp3) is 0.467. The van der Waals surface area contributed by atoms with Crippen LogP contribution < -0.4 is 10.6 Å². The lowest BCUT2D eigenvalue weighted by molar-refractivity contribution is -0.177. The average Bonchev–Trinajstić information content (AvgIpc) is 3.19. The third-order valence-corrected chi connectivity index (χ3v) is 5.61. The Bertz CT molecular complexity index is 1060. The number of alkyl halides is 1. The van der Waals surface area contributed by atoms with E-state index < -0.39 is 58.6 Å². The van der Waals surface area contributed by atoms with Crippen LogP contribution in [0.25, 0.3) is 0 Å². The molecule has 3 amide bonds. The Hall–Kier alpha value is -2.86. The van der Waals surface area contributed by atoms with Crippen molar-refractivity contribution < 1.29 is 46.5 Å². The lowest BCUT2D eigenvalue weighted by atomic mass is 10.1. The summed E-state index contributed by atoms with van der Waals surface area (Å²) in [6.45, 7) is 0.782. The molecule has 33 heavy (non-hydrogen) atoms. The minimum Gasteiger partial charge on any atom is -0.464 e. The number of amides is 3. The van der Waals surface area contributed by atoms with Crippen molar-refractivity contribution in [2.45, 2.75) is 19.2 Å². The van der Waals surface area contributed by atoms with E-state index in [0.29, 0.717) is 0 Å². The van der Waals surface area contributed by atoms with Crippen LogP contribution in [0.3, 0.4) is 0 Å². The number of hydrogen-bond donors (Lipinski definition) is 3. The van der Waals surface area contributed by atoms with E-state index in [2.05, 4.69) is 30.3 Å². The molecule has 1 aromatic heterocycles. The Morgan fingerprint density at radius 1 is 1.39 bits per heavy atom. The quantitative estimate of drug-likeness (QED) is 0.0770. The molecule has 1 fully saturated rings. The smallest absolute Gasteiger partial charge is 0.364 e. The van der Waals surface area contributed by atoms with Crippen molar-refractivity contribution in [2.75, 3.05) is 31.5 Å². The number of halogens is 1. The molecule has 0 bridgehead atoms. The van der Waals surface area contributed by atoms with E-state index in [1.165, 1.54) is 12.3 Å². The fourth-order valence-corrected chi connectivity index (χ4v) is 4.00. The molecule has 2 heterocycles. The van der Waals surface area contributed by atoms with Crippen LogP contribution in [-0.2, 0) is 43.8 Å². The van der Waals surface area contributed by atoms with Gasteiger partial charge < -0.3 is 24.9 Å². The van der Waals surface area contributed by atoms with Crippen LogP contribution in [0.5, 0.6) is 0 Å². The first-order chi connectivity index (χ1) is 15.5. The van der Waals surface area contributed by atoms with E-state index in [4.69, 9.17) is 16.3 Å². The highest BCUT2D eigenvalue weighted by Crippen LogP contribution is 2.25. The Morgan fingerprint density at radius 2 is 2.09 bits per heavy atom. The Balaban J connectivity index is 2.19. The van der Waals surface area contributed by atoms with Gasteiger partial charge in [0.05, 0.1) is 6.61 Å². The van der Waals surface area contributed by atoms with Crippen molar-refractivity contribution in [1.29, 1.82) is 0 Å². The van der Waals surface area contributed by atoms with Crippen molar-refractivity contribution in [3.05, 3.63) is 11.1 Å². The number of nitrogens with zero attached hydrogens (tertiary/aromatic N) is 3. The zero-order chi connectivity index (χ0) is 24.8. The van der Waals surface area contributed by atoms with E-state index in [-0.39, 0.29) is 27.6 Å². The maximum Gasteiger partial charge on any atom is 0.364 e. The minimum absolute atomic E-state index is 0.0196. The third kappa shape index (κ3) is 6.57. The molecule has 0 spiro atoms. The summed E-state index contributed by atoms with van der Waals surface area (Å²) in [5, 5.41) is 9.54. The van der Waals surface area contributed by atoms with Gasteiger partial charge in [-0.25, -0.2) is 9.78 Å². The first-order valence-corrected chi connectivity index (χ1v) is 11.7. The molecular formula is C15H18ClN5O10S2. The molecule has 15 nitrogen and oxygen atoms in total. The van der Waals surface area contributed by atoms with Crippen LogP contribution in [0.1, 0.15) is 12.6 Å². The van der Waals surface area contributed by atoms with Crippen LogP contribution >= 0.6 is 22.9 Å². The van der Waals surface area contributed by atoms with Crippen molar-refractivity contribution in [3.63, 3.8) is 0 Å². The SMILES string of the molecule is CCOC(=O)CO[C@@H]1[C@H](NC(=O)C(=NOC)c2csc(NC(=O)CCl)n2)C(=O)N1S(=O)(=O)O. The first-order valence-electron chi connectivity index (χ1n) is 8.85. The molecular weight excluding hydrogens is 510 g/mol. The van der Waals surface area contributed by atoms with Gasteiger partial charge in [-0.05, 0) is 6.92 Å². The van der Waals surface area contributed by atoms with Crippen LogP contribution in [0, 0.1) is 0 Å². The van der Waals surface area contributed by atoms with Gasteiger partial charge in [0.1, 0.15) is 25.3 Å². The van der Waals surface area contributed by atoms with Crippen molar-refractivity contribution in [1.82, 2.24) is 14.6 Å². The van der Waals surface area contributed by atoms with Crippen LogP contribution in [-0.4, -0.2) is 90.1 Å². The highest BCUT2D eigenvalue weighted by atomic mass is 35.5. The number of carbonyl (C=O) groups is 4. The summed E-state index contributed by atoms with van der Waals surface area (Å²) in [5.41, 5.74) is -0.478. The Labute approximate surface area is 195 Å². The molecule has 1 saturated heterocycles. The summed E-state index contributed by atoms with van der Waals surface area (Å²) < 4.78 is 41.8. The summed E-state index contributed by atoms with van der Waals surface area (Å²) in [6, 6.07) is -1.61. The molecule has 1 aromatic rings. The lowest BCUT2D eigenvalue weighted by Gasteiger charge is -2.43. The van der Waals surface area contributed by atoms with E-state index >= 15 is 0 Å². The molecule has 0 saturated carbocycles. The monoisotopic (exact) mass is 527 g/mol. The standard InChI is InChI=1S/C15H18ClN5O10S2/c1-3-30-9(23)5-31-14-11(13(25)21(14)33(26,27)28)19-12(24)10(20-29-2)7-6-32-15(17-7)18-8(22)4-16/h6,11,14H,3-5H2,1-2H3,(H,19,24)(H,17,18,22)(H,26,27,28)/t11-,14-/m1/s1. The van der Waals surface area contributed by atoms with Gasteiger partial charge in [-0.2, -0.15) is 12.7 Å². The van der Waals surface area contributed by atoms with Crippen LogP contribution in [0.15, 0.2) is 10.5 Å². The Kier molecular flexibility index (Phi) is 9.06. The average molecular weight is 528 g/mol. The molecule has 0 aromatic carbocycles. The number of rotatable bonds is 11. The number of thiazole rings is 1. The molecule has 1 aliphatic heterocycles. The highest BCUT2D eigenvalue weighted by molar-refractivity contribution is 7.84. The van der Waals surface area contributed by atoms with Crippen molar-refractivity contribution >= 4 is 67.8 Å². The second kappa shape index (κ2) is 11.3. The van der Waals surface area contributed by atoms with E-state index in [1.807, 2.05) is 0 Å². The summed E-state index contributed by atoms with van der Waals surface area (Å²) in [7, 11) is -3.91. The van der Waals surface area contributed by atoms with Gasteiger partial charge in [0.2, 0.25) is 5.91 Å². The van der Waals surface area contributed by atoms with E-state index in [0.717, 1.165) is 18.4 Å². The number of carbonyl (C=O) groups excluding carboxylic acids is 4. The van der Waals surface area contributed by atoms with Gasteiger partial charge in [0.25, 0.3) is 11.8 Å². The number of ether oxygens (including phenoxy) is 2. The number of anilines is 1. The Morgan fingerprint density at radius 3 is 2.67 bits per heavy atom. The molecule has 1 aliphatic rings. The minimum atomic E-state index is -5.05. The fourth-order valence-electron chi connectivity index (χ4n) is 2.43. The number of nitrogens with one attached hydrogen (secondary N) is 2. The van der Waals surface area contributed by atoms with Crippen molar-refractivity contribution in [3.8, 4) is 0 Å². The number of hydrogen-bond acceptors (Lipinski definition) is 12. The molecule has 2 atom stereocenters. The molecule has 182 valence electrons. The normalized spacial score (nSPS) is 18.4. The zero-order valence-corrected chi connectivity index (χ0v) is 19.4. The molecule has 0 radical (unpaired) electrons. The van der Waals surface area contributed by atoms with Gasteiger partial charge in [0, 0.05) is 5.38 Å². The van der Waals surface area contributed by atoms with E-state index in [9.17, 15) is 32.1 Å². The third-order valence-electron chi connectivity index (χ3n) is 3.72. The van der Waals surface area contributed by atoms with Gasteiger partial charge in [-0.15, -0.1) is 22.9 Å². The van der Waals surface area contributed by atoms with Crippen molar-refractivity contribution in [2.24, 2.45) is 5.16 Å². The zero-order valence-electron chi connectivity index (χ0n) is 17.0. The molecule has 3 N–H and O–H groups in total. The maximum absolute atomic E-state index is 12.7. The summed E-state index contributed by atoms with van der Waals surface area (Å²) in [4.78, 5) is 56.4. The first kappa shape index (κ1) is 26.4. The number of oxime groups is 1. The van der Waals surface area contributed by atoms with Gasteiger partial charge in [0.15, 0.2) is 23.1 Å². The molecule has 18 heteroatoms. The van der Waals surface area contributed by atoms with Gasteiger partial charge in [-0.1, -0.05) is 5.16 Å². The lowest BCUT2D eigenvalue weighted by Crippen LogP contribution is -2.73. The highest BCUT2D eigenvalue weighted by Gasteiger charge is 2.55. The predicted octanol–water partition coefficient (Wildman–Crippen LogP) is -1.29. The number of aromatic nitrogens is 1. The number of esters is 1. The molecule has 0 unspecified atom stereocenters. The molecule has 0 aliphatic carbocycles. The predicted molar refractivity (Wildman–Crippen MR) is 112 cm³/mol. The summed E-state index contributed by atoms with van der Waals surface area (Å²) >= 11 is 6.35. The second-order valence-corrected chi connectivity index (χ2v) is 8.33. The van der Waals surface area contributed by atoms with Crippen LogP contribution in [0.4, 0.5) is 5.13 Å². The second-order valence-electron chi connectivity index (χ2n) is 5.91. The van der Waals surface area contributed by atoms with E-state index in [1.54, 1.807) is 0 Å². The maximum atomic E-state index is 12.7. The largest absolute Gasteiger partial charge is 0.464 e. The summed E-state index contributed by atoms with van der Waals surface area (Å²) in [6.07, 6.45) is -1.74. The molecule has 2 rings (SSSR count).